The largest absolute Gasteiger partial charge is 0.353 e. The normalized spacial score (nSPS) is 26.1. The van der Waals surface area contributed by atoms with E-state index in [0.29, 0.717) is 25.7 Å². The van der Waals surface area contributed by atoms with Crippen LogP contribution in [0.15, 0.2) is 30.3 Å². The first kappa shape index (κ1) is 17.1. The van der Waals surface area contributed by atoms with E-state index in [0.717, 1.165) is 31.4 Å². The Balaban J connectivity index is 1.37. The minimum Gasteiger partial charge on any atom is -0.353 e. The highest BCUT2D eigenvalue weighted by atomic mass is 16.2. The van der Waals surface area contributed by atoms with Crippen LogP contribution in [0.5, 0.6) is 0 Å². The fraction of sp³-hybridized carbons (Fsp3) is 0.550. The molecule has 1 saturated carbocycles. The van der Waals surface area contributed by atoms with Crippen LogP contribution < -0.4 is 10.2 Å². The third-order valence-electron chi connectivity index (χ3n) is 5.57. The van der Waals surface area contributed by atoms with Crippen LogP contribution in [0.3, 0.4) is 0 Å². The summed E-state index contributed by atoms with van der Waals surface area (Å²) in [5, 5.41) is 3.05. The van der Waals surface area contributed by atoms with Crippen LogP contribution in [0.4, 0.5) is 5.69 Å². The van der Waals surface area contributed by atoms with Gasteiger partial charge in [-0.3, -0.25) is 14.4 Å². The van der Waals surface area contributed by atoms with Gasteiger partial charge in [0.2, 0.25) is 17.7 Å². The molecule has 0 bridgehead atoms. The number of benzene rings is 1. The molecule has 138 valence electrons. The maximum absolute atomic E-state index is 12.9. The van der Waals surface area contributed by atoms with Gasteiger partial charge in [-0.25, -0.2) is 0 Å². The number of piperidine rings is 1. The van der Waals surface area contributed by atoms with Crippen molar-refractivity contribution in [3.8, 4) is 0 Å². The van der Waals surface area contributed by atoms with Crippen molar-refractivity contribution < 1.29 is 14.4 Å². The highest BCUT2D eigenvalue weighted by Crippen LogP contribution is 2.28. The van der Waals surface area contributed by atoms with Crippen molar-refractivity contribution in [1.82, 2.24) is 10.2 Å². The first-order valence-electron chi connectivity index (χ1n) is 9.56. The highest BCUT2D eigenvalue weighted by molar-refractivity contribution is 6.00. The van der Waals surface area contributed by atoms with Crippen molar-refractivity contribution in [3.05, 3.63) is 30.3 Å². The van der Waals surface area contributed by atoms with Gasteiger partial charge in [-0.1, -0.05) is 18.2 Å². The molecule has 0 spiro atoms. The van der Waals surface area contributed by atoms with Gasteiger partial charge in [0.1, 0.15) is 0 Å². The number of hydrogen-bond donors (Lipinski definition) is 1. The molecule has 3 fully saturated rings. The molecule has 0 aromatic heterocycles. The SMILES string of the molecule is O=C(NC1CC1)C1CCCN(C(=O)C2CC(=O)N(c3ccccc3)C2)C1. The molecule has 2 atom stereocenters. The molecule has 2 heterocycles. The molecule has 2 unspecified atom stereocenters. The van der Waals surface area contributed by atoms with E-state index in [1.54, 1.807) is 9.80 Å². The van der Waals surface area contributed by atoms with Crippen molar-refractivity contribution in [3.63, 3.8) is 0 Å². The lowest BCUT2D eigenvalue weighted by Gasteiger charge is -2.33. The zero-order valence-corrected chi connectivity index (χ0v) is 14.9. The minimum atomic E-state index is -0.312. The number of amides is 3. The van der Waals surface area contributed by atoms with Gasteiger partial charge in [0, 0.05) is 37.8 Å². The average Bonchev–Trinajstić information content (AvgIpc) is 3.40. The highest BCUT2D eigenvalue weighted by Gasteiger charge is 2.39. The molecular weight excluding hydrogens is 330 g/mol. The molecule has 3 amide bonds. The number of nitrogens with zero attached hydrogens (tertiary/aromatic N) is 2. The molecule has 6 nitrogen and oxygen atoms in total. The fourth-order valence-electron chi connectivity index (χ4n) is 3.93. The van der Waals surface area contributed by atoms with Crippen LogP contribution >= 0.6 is 0 Å². The summed E-state index contributed by atoms with van der Waals surface area (Å²) in [6, 6.07) is 9.83. The number of hydrogen-bond acceptors (Lipinski definition) is 3. The molecule has 4 rings (SSSR count). The Labute approximate surface area is 153 Å². The number of carbonyl (C=O) groups is 3. The molecule has 1 aliphatic carbocycles. The summed E-state index contributed by atoms with van der Waals surface area (Å²) < 4.78 is 0. The maximum Gasteiger partial charge on any atom is 0.228 e. The molecule has 3 aliphatic rings. The lowest BCUT2D eigenvalue weighted by Crippen LogP contribution is -2.48. The fourth-order valence-corrected chi connectivity index (χ4v) is 3.93. The molecule has 6 heteroatoms. The quantitative estimate of drug-likeness (QED) is 0.891. The van der Waals surface area contributed by atoms with Gasteiger partial charge in [-0.15, -0.1) is 0 Å². The van der Waals surface area contributed by atoms with Crippen molar-refractivity contribution in [2.45, 2.75) is 38.1 Å². The van der Waals surface area contributed by atoms with Crippen molar-refractivity contribution in [2.24, 2.45) is 11.8 Å². The summed E-state index contributed by atoms with van der Waals surface area (Å²) in [4.78, 5) is 41.1. The maximum atomic E-state index is 12.9. The Hall–Kier alpha value is -2.37. The third-order valence-corrected chi connectivity index (χ3v) is 5.57. The van der Waals surface area contributed by atoms with Crippen LogP contribution in [0.2, 0.25) is 0 Å². The summed E-state index contributed by atoms with van der Waals surface area (Å²) >= 11 is 0. The molecule has 26 heavy (non-hydrogen) atoms. The van der Waals surface area contributed by atoms with Crippen LogP contribution in [-0.4, -0.2) is 48.3 Å². The molecule has 1 aromatic carbocycles. The predicted molar refractivity (Wildman–Crippen MR) is 97.4 cm³/mol. The van der Waals surface area contributed by atoms with E-state index in [2.05, 4.69) is 5.32 Å². The Kier molecular flexibility index (Phi) is 4.66. The summed E-state index contributed by atoms with van der Waals surface area (Å²) in [6.07, 6.45) is 4.07. The number of likely N-dealkylation sites (tertiary alicyclic amines) is 1. The van der Waals surface area contributed by atoms with E-state index >= 15 is 0 Å². The lowest BCUT2D eigenvalue weighted by atomic mass is 9.95. The molecule has 1 aromatic rings. The van der Waals surface area contributed by atoms with Gasteiger partial charge in [-0.2, -0.15) is 0 Å². The van der Waals surface area contributed by atoms with Gasteiger partial charge in [0.05, 0.1) is 11.8 Å². The van der Waals surface area contributed by atoms with E-state index in [-0.39, 0.29) is 36.0 Å². The Morgan fingerprint density at radius 2 is 1.77 bits per heavy atom. The average molecular weight is 355 g/mol. The molecular formula is C20H25N3O3. The Bertz CT molecular complexity index is 702. The number of para-hydroxylation sites is 1. The third kappa shape index (κ3) is 3.59. The number of rotatable bonds is 4. The Morgan fingerprint density at radius 3 is 2.50 bits per heavy atom. The van der Waals surface area contributed by atoms with E-state index in [1.165, 1.54) is 0 Å². The van der Waals surface area contributed by atoms with Gasteiger partial charge in [-0.05, 0) is 37.8 Å². The van der Waals surface area contributed by atoms with Crippen molar-refractivity contribution in [1.29, 1.82) is 0 Å². The van der Waals surface area contributed by atoms with Crippen LogP contribution in [-0.2, 0) is 14.4 Å². The second-order valence-corrected chi connectivity index (χ2v) is 7.65. The topological polar surface area (TPSA) is 69.7 Å². The van der Waals surface area contributed by atoms with Crippen LogP contribution in [0.25, 0.3) is 0 Å². The Morgan fingerprint density at radius 1 is 1.00 bits per heavy atom. The van der Waals surface area contributed by atoms with E-state index in [1.807, 2.05) is 30.3 Å². The van der Waals surface area contributed by atoms with Gasteiger partial charge in [0.15, 0.2) is 0 Å². The first-order chi connectivity index (χ1) is 12.6. The number of carbonyl (C=O) groups excluding carboxylic acids is 3. The van der Waals surface area contributed by atoms with E-state index in [4.69, 9.17) is 0 Å². The lowest BCUT2D eigenvalue weighted by molar-refractivity contribution is -0.139. The van der Waals surface area contributed by atoms with Gasteiger partial charge >= 0.3 is 0 Å². The van der Waals surface area contributed by atoms with E-state index < -0.39 is 0 Å². The second-order valence-electron chi connectivity index (χ2n) is 7.65. The summed E-state index contributed by atoms with van der Waals surface area (Å²) in [7, 11) is 0. The second kappa shape index (κ2) is 7.09. The number of anilines is 1. The van der Waals surface area contributed by atoms with Gasteiger partial charge in [0.25, 0.3) is 0 Å². The van der Waals surface area contributed by atoms with Crippen LogP contribution in [0.1, 0.15) is 32.1 Å². The van der Waals surface area contributed by atoms with Gasteiger partial charge < -0.3 is 15.1 Å². The zero-order chi connectivity index (χ0) is 18.1. The van der Waals surface area contributed by atoms with Crippen LogP contribution in [0, 0.1) is 11.8 Å². The minimum absolute atomic E-state index is 0.00501. The van der Waals surface area contributed by atoms with E-state index in [9.17, 15) is 14.4 Å². The summed E-state index contributed by atoms with van der Waals surface area (Å²) in [6.45, 7) is 1.59. The number of nitrogens with one attached hydrogen (secondary N) is 1. The smallest absolute Gasteiger partial charge is 0.228 e. The molecule has 2 aliphatic heterocycles. The molecule has 2 saturated heterocycles. The molecule has 0 radical (unpaired) electrons. The monoisotopic (exact) mass is 355 g/mol. The summed E-state index contributed by atoms with van der Waals surface area (Å²) in [5.74, 6) is -0.336. The summed E-state index contributed by atoms with van der Waals surface area (Å²) in [5.41, 5.74) is 0.841. The zero-order valence-electron chi connectivity index (χ0n) is 14.9. The predicted octanol–water partition coefficient (Wildman–Crippen LogP) is 1.56. The standard InChI is InChI=1S/C20H25N3O3/c24-18-11-15(13-23(18)17-6-2-1-3-7-17)20(26)22-10-4-5-14(12-22)19(25)21-16-8-9-16/h1-3,6-7,14-16H,4-5,8-13H2,(H,21,25). The first-order valence-corrected chi connectivity index (χ1v) is 9.56. The molecule has 1 N–H and O–H groups in total. The van der Waals surface area contributed by atoms with Crippen molar-refractivity contribution >= 4 is 23.4 Å². The van der Waals surface area contributed by atoms with Crippen molar-refractivity contribution in [2.75, 3.05) is 24.5 Å².